The van der Waals surface area contributed by atoms with Crippen molar-refractivity contribution in [3.8, 4) is 0 Å². The molecule has 1 aliphatic heterocycles. The molecule has 132 valence electrons. The number of nitrogens with one attached hydrogen (secondary N) is 2. The van der Waals surface area contributed by atoms with Crippen LogP contribution in [0.15, 0.2) is 18.2 Å². The van der Waals surface area contributed by atoms with E-state index in [4.69, 9.17) is 0 Å². The Hall–Kier alpha value is -1.67. The maximum atomic E-state index is 14.1. The smallest absolute Gasteiger partial charge is 0.242 e. The molecule has 0 aliphatic carbocycles. The molecule has 8 heteroatoms. The minimum absolute atomic E-state index is 0.168. The number of rotatable bonds is 6. The Morgan fingerprint density at radius 1 is 1.46 bits per heavy atom. The van der Waals surface area contributed by atoms with E-state index in [1.165, 1.54) is 27.6 Å². The highest BCUT2D eigenvalue weighted by molar-refractivity contribution is 8.00. The van der Waals surface area contributed by atoms with Crippen LogP contribution < -0.4 is 10.2 Å². The number of quaternary nitrogens is 1. The first-order valence-electron chi connectivity index (χ1n) is 7.75. The molecule has 1 aromatic carbocycles. The van der Waals surface area contributed by atoms with E-state index in [2.05, 4.69) is 5.32 Å². The summed E-state index contributed by atoms with van der Waals surface area (Å²) < 4.78 is 27.2. The number of nitrogens with zero attached hydrogens (tertiary/aromatic N) is 1. The Morgan fingerprint density at radius 2 is 2.17 bits per heavy atom. The Bertz CT molecular complexity index is 627. The summed E-state index contributed by atoms with van der Waals surface area (Å²) in [4.78, 5) is 27.1. The summed E-state index contributed by atoms with van der Waals surface area (Å²) in [7, 11) is 3.95. The highest BCUT2D eigenvalue weighted by atomic mass is 32.2. The molecule has 0 bridgehead atoms. The van der Waals surface area contributed by atoms with Crippen LogP contribution in [0.2, 0.25) is 0 Å². The van der Waals surface area contributed by atoms with Crippen molar-refractivity contribution in [3.63, 3.8) is 0 Å². The van der Waals surface area contributed by atoms with E-state index in [0.29, 0.717) is 6.54 Å². The van der Waals surface area contributed by atoms with E-state index >= 15 is 0 Å². The molecule has 2 amide bonds. The first kappa shape index (κ1) is 18.7. The number of likely N-dealkylation sites (N-methyl/N-ethyl adjacent to an activating group) is 1. The van der Waals surface area contributed by atoms with Gasteiger partial charge in [-0.25, -0.2) is 8.78 Å². The third kappa shape index (κ3) is 4.24. The van der Waals surface area contributed by atoms with Gasteiger partial charge in [0.25, 0.3) is 0 Å². The normalized spacial score (nSPS) is 19.0. The van der Waals surface area contributed by atoms with E-state index in [0.717, 1.165) is 18.7 Å². The number of carbonyl (C=O) groups excluding carboxylic acids is 2. The zero-order valence-electron chi connectivity index (χ0n) is 13.9. The van der Waals surface area contributed by atoms with Crippen molar-refractivity contribution in [2.24, 2.45) is 0 Å². The molecular formula is C16H22F2N3O2S+. The van der Waals surface area contributed by atoms with Crippen LogP contribution in [0.3, 0.4) is 0 Å². The van der Waals surface area contributed by atoms with Crippen LogP contribution in [-0.2, 0) is 9.59 Å². The van der Waals surface area contributed by atoms with Gasteiger partial charge in [-0.05, 0) is 13.0 Å². The SMILES string of the molecule is C[C@@H](C(=O)NCC[NH+](C)C)N1C(=O)CS[C@@H]1c1ccc(F)cc1F. The largest absolute Gasteiger partial charge is 0.349 e. The summed E-state index contributed by atoms with van der Waals surface area (Å²) in [5, 5.41) is 2.16. The first-order valence-corrected chi connectivity index (χ1v) is 8.80. The molecule has 1 heterocycles. The van der Waals surface area contributed by atoms with Crippen LogP contribution in [0.1, 0.15) is 17.9 Å². The lowest BCUT2D eigenvalue weighted by atomic mass is 10.1. The number of thioether (sulfide) groups is 1. The van der Waals surface area contributed by atoms with Crippen molar-refractivity contribution in [2.75, 3.05) is 32.9 Å². The van der Waals surface area contributed by atoms with Gasteiger partial charge in [0.2, 0.25) is 11.8 Å². The minimum Gasteiger partial charge on any atom is -0.349 e. The Morgan fingerprint density at radius 3 is 2.79 bits per heavy atom. The van der Waals surface area contributed by atoms with Crippen molar-refractivity contribution >= 4 is 23.6 Å². The molecule has 0 aromatic heterocycles. The average molecular weight is 358 g/mol. The van der Waals surface area contributed by atoms with E-state index in [1.54, 1.807) is 6.92 Å². The predicted molar refractivity (Wildman–Crippen MR) is 88.6 cm³/mol. The van der Waals surface area contributed by atoms with Gasteiger partial charge in [-0.2, -0.15) is 0 Å². The van der Waals surface area contributed by atoms with Gasteiger partial charge in [0.1, 0.15) is 23.1 Å². The molecule has 0 spiro atoms. The molecule has 2 N–H and O–H groups in total. The van der Waals surface area contributed by atoms with Gasteiger partial charge < -0.3 is 15.1 Å². The van der Waals surface area contributed by atoms with Crippen molar-refractivity contribution in [2.45, 2.75) is 18.3 Å². The highest BCUT2D eigenvalue weighted by Gasteiger charge is 2.39. The molecule has 0 radical (unpaired) electrons. The fraction of sp³-hybridized carbons (Fsp3) is 0.500. The standard InChI is InChI=1S/C16H21F2N3O2S/c1-10(15(23)19-6-7-20(2)3)21-14(22)9-24-16(21)12-5-4-11(17)8-13(12)18/h4-5,8,10,16H,6-7,9H2,1-3H3,(H,19,23)/p+1/t10-,16+/m0/s1. The molecule has 1 saturated heterocycles. The van der Waals surface area contributed by atoms with Crippen LogP contribution in [0.25, 0.3) is 0 Å². The summed E-state index contributed by atoms with van der Waals surface area (Å²) >= 11 is 1.24. The van der Waals surface area contributed by atoms with Crippen molar-refractivity contribution < 1.29 is 23.3 Å². The third-order valence-corrected chi connectivity index (χ3v) is 5.07. The van der Waals surface area contributed by atoms with E-state index < -0.39 is 23.1 Å². The lowest BCUT2D eigenvalue weighted by Crippen LogP contribution is -3.06. The molecule has 1 aromatic rings. The van der Waals surface area contributed by atoms with Crippen molar-refractivity contribution in [1.29, 1.82) is 0 Å². The van der Waals surface area contributed by atoms with Gasteiger partial charge in [0.05, 0.1) is 32.9 Å². The summed E-state index contributed by atoms with van der Waals surface area (Å²) in [6.07, 6.45) is 0. The van der Waals surface area contributed by atoms with Crippen molar-refractivity contribution in [1.82, 2.24) is 10.2 Å². The fourth-order valence-corrected chi connectivity index (χ4v) is 3.79. The van der Waals surface area contributed by atoms with Gasteiger partial charge in [-0.1, -0.05) is 6.07 Å². The number of hydrogen-bond donors (Lipinski definition) is 2. The molecule has 2 rings (SSSR count). The maximum Gasteiger partial charge on any atom is 0.242 e. The number of benzene rings is 1. The van der Waals surface area contributed by atoms with Crippen molar-refractivity contribution in [3.05, 3.63) is 35.4 Å². The van der Waals surface area contributed by atoms with Gasteiger partial charge in [0, 0.05) is 11.6 Å². The Labute approximate surface area is 144 Å². The van der Waals surface area contributed by atoms with Gasteiger partial charge in [-0.3, -0.25) is 9.59 Å². The molecule has 24 heavy (non-hydrogen) atoms. The first-order chi connectivity index (χ1) is 11.3. The average Bonchev–Trinajstić information content (AvgIpc) is 2.87. The topological polar surface area (TPSA) is 53.9 Å². The molecule has 1 fully saturated rings. The van der Waals surface area contributed by atoms with E-state index in [-0.39, 0.29) is 23.1 Å². The Balaban J connectivity index is 2.13. The summed E-state index contributed by atoms with van der Waals surface area (Å²) in [6, 6.07) is 2.55. The van der Waals surface area contributed by atoms with Gasteiger partial charge >= 0.3 is 0 Å². The second-order valence-corrected chi connectivity index (χ2v) is 7.12. The van der Waals surface area contributed by atoms with Crippen LogP contribution >= 0.6 is 11.8 Å². The number of halogens is 2. The summed E-state index contributed by atoms with van der Waals surface area (Å²) in [5.41, 5.74) is 0.213. The third-order valence-electron chi connectivity index (χ3n) is 3.85. The second-order valence-electron chi connectivity index (χ2n) is 6.05. The molecular weight excluding hydrogens is 336 g/mol. The number of amides is 2. The zero-order valence-corrected chi connectivity index (χ0v) is 14.8. The van der Waals surface area contributed by atoms with Crippen LogP contribution in [0, 0.1) is 11.6 Å². The molecule has 5 nitrogen and oxygen atoms in total. The predicted octanol–water partition coefficient (Wildman–Crippen LogP) is 0.188. The van der Waals surface area contributed by atoms with E-state index in [9.17, 15) is 18.4 Å². The van der Waals surface area contributed by atoms with Gasteiger partial charge in [-0.15, -0.1) is 11.8 Å². The Kier molecular flexibility index (Phi) is 6.17. The van der Waals surface area contributed by atoms with Crippen LogP contribution in [-0.4, -0.2) is 55.7 Å². The molecule has 0 unspecified atom stereocenters. The second kappa shape index (κ2) is 7.94. The molecule has 0 saturated carbocycles. The highest BCUT2D eigenvalue weighted by Crippen LogP contribution is 2.41. The molecule has 1 aliphatic rings. The minimum atomic E-state index is -0.723. The maximum absolute atomic E-state index is 14.1. The monoisotopic (exact) mass is 358 g/mol. The molecule has 2 atom stereocenters. The van der Waals surface area contributed by atoms with E-state index in [1.807, 2.05) is 14.1 Å². The van der Waals surface area contributed by atoms with Crippen LogP contribution in [0.5, 0.6) is 0 Å². The quantitative estimate of drug-likeness (QED) is 0.763. The van der Waals surface area contributed by atoms with Crippen LogP contribution in [0.4, 0.5) is 8.78 Å². The summed E-state index contributed by atoms with van der Waals surface area (Å²) in [5.74, 6) is -1.72. The number of carbonyl (C=O) groups is 2. The fourth-order valence-electron chi connectivity index (χ4n) is 2.51. The zero-order chi connectivity index (χ0) is 17.9. The number of hydrogen-bond acceptors (Lipinski definition) is 3. The lowest BCUT2D eigenvalue weighted by molar-refractivity contribution is -0.856. The summed E-state index contributed by atoms with van der Waals surface area (Å²) in [6.45, 7) is 2.88. The van der Waals surface area contributed by atoms with Gasteiger partial charge in [0.15, 0.2) is 0 Å². The lowest BCUT2D eigenvalue weighted by Gasteiger charge is -2.29.